The molecule has 2 unspecified atom stereocenters. The van der Waals surface area contributed by atoms with Crippen molar-refractivity contribution < 1.29 is 80.5 Å². The molecule has 0 saturated carbocycles. The van der Waals surface area contributed by atoms with Crippen LogP contribution in [0.15, 0.2) is 24.8 Å². The smallest absolute Gasteiger partial charge is 0.386 e. The number of rotatable bonds is 29. The number of anilines is 1. The van der Waals surface area contributed by atoms with Crippen LogP contribution in [0.4, 0.5) is 5.82 Å². The Kier molecular flexibility index (Phi) is 21.7. The van der Waals surface area contributed by atoms with E-state index in [1.165, 1.54) is 13.8 Å². The largest absolute Gasteiger partial charge is 0.481 e. The minimum atomic E-state index is -5.57. The summed E-state index contributed by atoms with van der Waals surface area (Å²) in [6.45, 7) is 2.71. The highest BCUT2D eigenvalue weighted by Gasteiger charge is 2.50. The van der Waals surface area contributed by atoms with E-state index in [9.17, 15) is 57.9 Å². The van der Waals surface area contributed by atoms with Crippen LogP contribution in [0.2, 0.25) is 0 Å². The molecule has 1 aliphatic heterocycles. The van der Waals surface area contributed by atoms with E-state index in [0.29, 0.717) is 12.2 Å². The van der Waals surface area contributed by atoms with Crippen molar-refractivity contribution >= 4 is 69.1 Å². The first-order valence-corrected chi connectivity index (χ1v) is 25.3. The first-order chi connectivity index (χ1) is 29.1. The zero-order valence-electron chi connectivity index (χ0n) is 34.6. The molecule has 1 saturated heterocycles. The number of amides is 2. The lowest BCUT2D eigenvalue weighted by molar-refractivity contribution is -0.137. The van der Waals surface area contributed by atoms with E-state index in [-0.39, 0.29) is 41.6 Å². The molecule has 0 aromatic carbocycles. The second-order valence-electron chi connectivity index (χ2n) is 14.9. The zero-order valence-corrected chi connectivity index (χ0v) is 38.1. The molecule has 3 heterocycles. The number of fused-ring (bicyclic) bond motifs is 1. The Morgan fingerprint density at radius 2 is 1.65 bits per heavy atom. The number of hydrogen-bond donors (Lipinski definition) is 9. The van der Waals surface area contributed by atoms with Crippen LogP contribution in [0.25, 0.3) is 11.2 Å². The van der Waals surface area contributed by atoms with Crippen molar-refractivity contribution in [1.82, 2.24) is 30.2 Å². The number of hydrogen-bond acceptors (Lipinski definition) is 18. The number of nitrogen functional groups attached to an aromatic ring is 1. The Hall–Kier alpha value is -2.70. The summed E-state index contributed by atoms with van der Waals surface area (Å²) < 4.78 is 62.3. The van der Waals surface area contributed by atoms with Crippen molar-refractivity contribution in [1.29, 1.82) is 0 Å². The van der Waals surface area contributed by atoms with Crippen LogP contribution in [0.1, 0.15) is 91.2 Å². The van der Waals surface area contributed by atoms with Gasteiger partial charge in [-0.1, -0.05) is 70.4 Å². The minimum absolute atomic E-state index is 0.0324. The molecule has 3 rings (SSSR count). The lowest BCUT2D eigenvalue weighted by Crippen LogP contribution is -2.46. The number of imidazole rings is 1. The molecule has 2 amide bonds. The van der Waals surface area contributed by atoms with Crippen molar-refractivity contribution in [2.24, 2.45) is 5.41 Å². The van der Waals surface area contributed by atoms with E-state index in [0.717, 1.165) is 80.4 Å². The normalized spacial score (nSPS) is 20.9. The molecule has 0 aliphatic carbocycles. The number of nitrogens with zero attached hydrogens (tertiary/aromatic N) is 4. The van der Waals surface area contributed by atoms with Crippen LogP contribution >= 0.6 is 35.2 Å². The summed E-state index contributed by atoms with van der Waals surface area (Å²) in [6.07, 6.45) is 6.54. The maximum absolute atomic E-state index is 12.7. The number of thioether (sulfide) groups is 1. The highest BCUT2D eigenvalue weighted by molar-refractivity contribution is 8.13. The fraction of sp³-hybridized carbons (Fsp3) is 0.706. The van der Waals surface area contributed by atoms with Crippen LogP contribution in [0, 0.1) is 5.41 Å². The third kappa shape index (κ3) is 18.4. The standard InChI is InChI=1S/C34H58N7O17P3S/c1-4-5-6-7-8-9-10-11-12-13-14-25(43)62-18-17-36-24(42)15-16-37-32(46)29(45)34(2,3)20-55-61(52,53)58-60(50,51)54-19-23-28(57-59(47,48)49)27(44)33(56-23)41-22-40-26-30(35)38-21-39-31(26)41/h6-7,21-23,27-29,33,44-45H,4-5,8-20H2,1-3H3,(H,36,42)(H,37,46)(H,50,51)(H,52,53)(H2,35,38,39)(H2,47,48,49)/b7-6-/t23-,27-,28-,29+,33-/m1/s1. The van der Waals surface area contributed by atoms with E-state index in [1.807, 2.05) is 0 Å². The third-order valence-corrected chi connectivity index (χ3v) is 13.2. The van der Waals surface area contributed by atoms with Crippen molar-refractivity contribution in [2.45, 2.75) is 116 Å². The molecule has 1 fully saturated rings. The predicted octanol–water partition coefficient (Wildman–Crippen LogP) is 2.75. The summed E-state index contributed by atoms with van der Waals surface area (Å²) in [5.74, 6) is -1.04. The number of phosphoric ester groups is 3. The lowest BCUT2D eigenvalue weighted by Gasteiger charge is -2.30. The van der Waals surface area contributed by atoms with E-state index < -0.39 is 84.6 Å². The Morgan fingerprint density at radius 1 is 0.968 bits per heavy atom. The number of allylic oxidation sites excluding steroid dienone is 2. The number of aliphatic hydroxyl groups excluding tert-OH is 2. The second-order valence-corrected chi connectivity index (χ2v) is 20.2. The molecule has 10 N–H and O–H groups in total. The quantitative estimate of drug-likeness (QED) is 0.0321. The van der Waals surface area contributed by atoms with Gasteiger partial charge in [0.05, 0.1) is 19.5 Å². The summed E-state index contributed by atoms with van der Waals surface area (Å²) in [6, 6.07) is 0. The molecule has 0 radical (unpaired) electrons. The van der Waals surface area contributed by atoms with Crippen LogP contribution in [0.3, 0.4) is 0 Å². The fourth-order valence-corrected chi connectivity index (χ4v) is 9.38. The molecule has 2 aromatic heterocycles. The van der Waals surface area contributed by atoms with Crippen molar-refractivity contribution in [3.8, 4) is 0 Å². The third-order valence-electron chi connectivity index (χ3n) is 9.14. The van der Waals surface area contributed by atoms with Crippen LogP contribution in [-0.2, 0) is 50.7 Å². The van der Waals surface area contributed by atoms with Gasteiger partial charge in [-0.05, 0) is 25.7 Å². The van der Waals surface area contributed by atoms with Gasteiger partial charge in [0.15, 0.2) is 22.8 Å². The number of aliphatic hydroxyl groups is 2. The molecule has 352 valence electrons. The molecule has 0 bridgehead atoms. The van der Waals surface area contributed by atoms with E-state index in [1.54, 1.807) is 0 Å². The maximum Gasteiger partial charge on any atom is 0.481 e. The van der Waals surface area contributed by atoms with Crippen molar-refractivity contribution in [3.63, 3.8) is 0 Å². The number of carbonyl (C=O) groups is 3. The number of unbranched alkanes of at least 4 members (excludes halogenated alkanes) is 6. The van der Waals surface area contributed by atoms with E-state index >= 15 is 0 Å². The Morgan fingerprint density at radius 3 is 2.35 bits per heavy atom. The van der Waals surface area contributed by atoms with Gasteiger partial charge in [-0.3, -0.25) is 32.5 Å². The molecule has 7 atom stereocenters. The number of carbonyl (C=O) groups excluding carboxylic acids is 3. The number of nitrogens with two attached hydrogens (primary N) is 1. The maximum atomic E-state index is 12.7. The highest BCUT2D eigenvalue weighted by Crippen LogP contribution is 2.61. The highest BCUT2D eigenvalue weighted by atomic mass is 32.2. The predicted molar refractivity (Wildman–Crippen MR) is 223 cm³/mol. The summed E-state index contributed by atoms with van der Waals surface area (Å²) in [4.78, 5) is 88.1. The van der Waals surface area contributed by atoms with Gasteiger partial charge in [0.2, 0.25) is 11.8 Å². The molecule has 0 spiro atoms. The van der Waals surface area contributed by atoms with E-state index in [4.69, 9.17) is 19.5 Å². The van der Waals surface area contributed by atoms with Gasteiger partial charge in [-0.25, -0.2) is 28.6 Å². The van der Waals surface area contributed by atoms with Crippen molar-refractivity contribution in [3.05, 3.63) is 24.8 Å². The fourth-order valence-electron chi connectivity index (χ4n) is 5.83. The molecule has 1 aliphatic rings. The van der Waals surface area contributed by atoms with Gasteiger partial charge in [-0.2, -0.15) is 4.31 Å². The molecular formula is C34H58N7O17P3S. The van der Waals surface area contributed by atoms with Crippen LogP contribution in [-0.4, -0.2) is 123 Å². The van der Waals surface area contributed by atoms with Gasteiger partial charge in [0.25, 0.3) is 0 Å². The van der Waals surface area contributed by atoms with E-state index in [2.05, 4.69) is 53.5 Å². The molecule has 62 heavy (non-hydrogen) atoms. The van der Waals surface area contributed by atoms with Crippen LogP contribution < -0.4 is 16.4 Å². The summed E-state index contributed by atoms with van der Waals surface area (Å²) >= 11 is 1.14. The first-order valence-electron chi connectivity index (χ1n) is 19.8. The van der Waals surface area contributed by atoms with Gasteiger partial charge >= 0.3 is 23.5 Å². The second kappa shape index (κ2) is 25.1. The Bertz CT molecular complexity index is 1950. The Balaban J connectivity index is 1.37. The molecular weight excluding hydrogens is 903 g/mol. The number of phosphoric acid groups is 3. The number of ether oxygens (including phenoxy) is 1. The SMILES string of the molecule is CCC/C=C\CCCCCCCC(=O)SCCNC(=O)CCNC(=O)[C@H](O)C(C)(C)COP(=O)(O)OP(=O)(O)OC[C@H]1O[C@@H](n2cnc3c(N)ncnc32)[C@H](O)[C@@H]1OP(=O)(O)O. The zero-order chi connectivity index (χ0) is 46.1. The molecule has 2 aromatic rings. The lowest BCUT2D eigenvalue weighted by atomic mass is 9.87. The minimum Gasteiger partial charge on any atom is -0.386 e. The van der Waals surface area contributed by atoms with Gasteiger partial charge in [0, 0.05) is 37.1 Å². The summed E-state index contributed by atoms with van der Waals surface area (Å²) in [7, 11) is -16.4. The van der Waals surface area contributed by atoms with Crippen LogP contribution in [0.5, 0.6) is 0 Å². The topological polar surface area (TPSA) is 364 Å². The Labute approximate surface area is 362 Å². The molecule has 24 nitrogen and oxygen atoms in total. The monoisotopic (exact) mass is 961 g/mol. The van der Waals surface area contributed by atoms with Crippen molar-refractivity contribution in [2.75, 3.05) is 37.8 Å². The summed E-state index contributed by atoms with van der Waals surface area (Å²) in [5.41, 5.74) is 4.28. The number of nitrogens with one attached hydrogen (secondary N) is 2. The molecule has 28 heteroatoms. The summed E-state index contributed by atoms with van der Waals surface area (Å²) in [5, 5.41) is 26.6. The average molecular weight is 962 g/mol. The van der Waals surface area contributed by atoms with Gasteiger partial charge < -0.3 is 50.9 Å². The number of aromatic nitrogens is 4. The van der Waals surface area contributed by atoms with Gasteiger partial charge in [0.1, 0.15) is 36.3 Å². The first kappa shape index (κ1) is 53.6. The average Bonchev–Trinajstić information content (AvgIpc) is 3.75. The van der Waals surface area contributed by atoms with Gasteiger partial charge in [-0.15, -0.1) is 0 Å².